The van der Waals surface area contributed by atoms with Crippen LogP contribution < -0.4 is 0 Å². The first kappa shape index (κ1) is 39.5. The maximum atomic E-state index is 12.0. The van der Waals surface area contributed by atoms with Crippen LogP contribution in [0.3, 0.4) is 0 Å². The summed E-state index contributed by atoms with van der Waals surface area (Å²) in [5.41, 5.74) is 2.53. The molecule has 0 unspecified atom stereocenters. The first-order chi connectivity index (χ1) is 20.3. The third-order valence-corrected chi connectivity index (χ3v) is 9.42. The molecule has 2 saturated heterocycles. The smallest absolute Gasteiger partial charge is 0.248 e. The molecular formula is C37H67NO5. The Morgan fingerprint density at radius 2 is 1.23 bits per heavy atom. The molecule has 0 spiro atoms. The largest absolute Gasteiger partial charge is 0.370 e. The fourth-order valence-electron chi connectivity index (χ4n) is 6.33. The van der Waals surface area contributed by atoms with E-state index in [-0.39, 0.29) is 30.0 Å². The van der Waals surface area contributed by atoms with Crippen molar-refractivity contribution in [3.63, 3.8) is 0 Å². The summed E-state index contributed by atoms with van der Waals surface area (Å²) >= 11 is 0. The van der Waals surface area contributed by atoms with Crippen LogP contribution >= 0.6 is 0 Å². The molecule has 2 aliphatic rings. The van der Waals surface area contributed by atoms with Gasteiger partial charge in [-0.15, -0.1) is 0 Å². The van der Waals surface area contributed by atoms with Crippen molar-refractivity contribution in [3.8, 4) is 0 Å². The van der Waals surface area contributed by atoms with Crippen LogP contribution in [0.1, 0.15) is 138 Å². The molecule has 6 heteroatoms. The van der Waals surface area contributed by atoms with Gasteiger partial charge in [-0.1, -0.05) is 80.4 Å². The van der Waals surface area contributed by atoms with E-state index in [4.69, 9.17) is 14.3 Å². The van der Waals surface area contributed by atoms with Gasteiger partial charge < -0.3 is 9.47 Å². The number of ether oxygens (including phenoxy) is 2. The number of nitrogens with zero attached hydrogens (tertiary/aromatic N) is 1. The summed E-state index contributed by atoms with van der Waals surface area (Å²) in [4.78, 5) is 28.3. The van der Waals surface area contributed by atoms with E-state index < -0.39 is 0 Å². The van der Waals surface area contributed by atoms with Crippen LogP contribution in [0.5, 0.6) is 0 Å². The molecule has 8 atom stereocenters. The molecule has 0 radical (unpaired) electrons. The van der Waals surface area contributed by atoms with Crippen LogP contribution in [0.25, 0.3) is 0 Å². The highest BCUT2D eigenvalue weighted by atomic mass is 16.7. The normalized spacial score (nSPS) is 24.7. The Balaban J connectivity index is 0.000000434. The minimum absolute atomic E-state index is 0.0139. The van der Waals surface area contributed by atoms with Gasteiger partial charge in [0.25, 0.3) is 0 Å². The number of hydroxylamine groups is 2. The maximum absolute atomic E-state index is 12.0. The fourth-order valence-corrected chi connectivity index (χ4v) is 6.33. The molecule has 2 fully saturated rings. The van der Waals surface area contributed by atoms with Crippen molar-refractivity contribution in [1.29, 1.82) is 0 Å². The van der Waals surface area contributed by atoms with Gasteiger partial charge in [-0.25, -0.2) is 5.06 Å². The number of carbonyl (C=O) groups excluding carboxylic acids is 2. The predicted octanol–water partition coefficient (Wildman–Crippen LogP) is 9.27. The lowest BCUT2D eigenvalue weighted by Gasteiger charge is -2.22. The van der Waals surface area contributed by atoms with Gasteiger partial charge in [0.05, 0.1) is 31.5 Å². The van der Waals surface area contributed by atoms with E-state index in [2.05, 4.69) is 40.9 Å². The molecule has 250 valence electrons. The molecule has 43 heavy (non-hydrogen) atoms. The Hall–Kier alpha value is -1.50. The van der Waals surface area contributed by atoms with Crippen LogP contribution in [0.15, 0.2) is 24.3 Å². The third kappa shape index (κ3) is 15.4. The minimum atomic E-state index is -0.0139. The van der Waals surface area contributed by atoms with Crippen molar-refractivity contribution in [2.45, 2.75) is 163 Å². The number of hydrogen-bond acceptors (Lipinski definition) is 5. The van der Waals surface area contributed by atoms with Gasteiger partial charge in [-0.3, -0.25) is 14.4 Å². The first-order valence-corrected chi connectivity index (χ1v) is 17.3. The molecule has 2 aliphatic heterocycles. The van der Waals surface area contributed by atoms with E-state index in [1.165, 1.54) is 55.4 Å². The molecule has 0 N–H and O–H groups in total. The third-order valence-electron chi connectivity index (χ3n) is 9.42. The molecule has 2 heterocycles. The summed E-state index contributed by atoms with van der Waals surface area (Å²) in [6.45, 7) is 23.0. The maximum Gasteiger partial charge on any atom is 0.248 e. The van der Waals surface area contributed by atoms with Gasteiger partial charge in [0.15, 0.2) is 0 Å². The summed E-state index contributed by atoms with van der Waals surface area (Å²) in [6, 6.07) is 0. The molecule has 6 nitrogen and oxygen atoms in total. The summed E-state index contributed by atoms with van der Waals surface area (Å²) in [5, 5.41) is 1.32. The van der Waals surface area contributed by atoms with Crippen LogP contribution in [0.4, 0.5) is 0 Å². The topological polar surface area (TPSA) is 65.1 Å². The van der Waals surface area contributed by atoms with Crippen LogP contribution in [-0.4, -0.2) is 55.3 Å². The van der Waals surface area contributed by atoms with Gasteiger partial charge in [0, 0.05) is 18.9 Å². The highest BCUT2D eigenvalue weighted by Gasteiger charge is 2.30. The van der Waals surface area contributed by atoms with Crippen molar-refractivity contribution in [2.75, 3.05) is 14.2 Å². The Morgan fingerprint density at radius 3 is 1.60 bits per heavy atom. The molecule has 0 saturated carbocycles. The number of amides is 1. The van der Waals surface area contributed by atoms with Crippen LogP contribution in [-0.2, 0) is 23.9 Å². The summed E-state index contributed by atoms with van der Waals surface area (Å²) in [6.07, 6.45) is 16.7. The lowest BCUT2D eigenvalue weighted by molar-refractivity contribution is -0.173. The van der Waals surface area contributed by atoms with E-state index >= 15 is 0 Å². The van der Waals surface area contributed by atoms with E-state index in [1.807, 2.05) is 13.8 Å². The van der Waals surface area contributed by atoms with Gasteiger partial charge in [0.1, 0.15) is 5.78 Å². The van der Waals surface area contributed by atoms with E-state index in [9.17, 15) is 9.59 Å². The Kier molecular flexibility index (Phi) is 19.6. The van der Waals surface area contributed by atoms with Crippen molar-refractivity contribution in [1.82, 2.24) is 5.06 Å². The summed E-state index contributed by atoms with van der Waals surface area (Å²) in [5.74, 6) is 1.60. The van der Waals surface area contributed by atoms with Crippen molar-refractivity contribution in [3.05, 3.63) is 24.3 Å². The molecule has 1 amide bonds. The number of carbonyl (C=O) groups is 2. The Labute approximate surface area is 265 Å². The van der Waals surface area contributed by atoms with Gasteiger partial charge in [0.2, 0.25) is 5.91 Å². The molecule has 0 aromatic carbocycles. The number of hydrogen-bond donors (Lipinski definition) is 0. The number of unbranched alkanes of at least 4 members (excludes halogenated alkanes) is 2. The second-order valence-electron chi connectivity index (χ2n) is 13.8. The number of Topliss-reactive ketones (excluding diaryl/α,β-unsaturated/α-hetero) is 1. The second kappa shape index (κ2) is 21.3. The van der Waals surface area contributed by atoms with Crippen LogP contribution in [0.2, 0.25) is 0 Å². The number of rotatable bonds is 19. The van der Waals surface area contributed by atoms with E-state index in [1.54, 1.807) is 14.0 Å². The average Bonchev–Trinajstić information content (AvgIpc) is 3.52. The minimum Gasteiger partial charge on any atom is -0.370 e. The van der Waals surface area contributed by atoms with E-state index in [0.717, 1.165) is 57.8 Å². The second-order valence-corrected chi connectivity index (χ2v) is 13.8. The lowest BCUT2D eigenvalue weighted by Crippen LogP contribution is -2.31. The molecule has 0 aliphatic carbocycles. The molecule has 2 rings (SSSR count). The zero-order valence-electron chi connectivity index (χ0n) is 29.4. The Morgan fingerprint density at radius 1 is 0.814 bits per heavy atom. The quantitative estimate of drug-likeness (QED) is 0.108. The zero-order valence-corrected chi connectivity index (χ0v) is 29.4. The standard InChI is InChI=1S/C19H35NO3.C18H32O2/c1-7-8-9-17-13-15(3)18(23-17)11-10-14(2)12-16(4)19(21)20(5)22-6;1-6-7-8-17-12-15(4)18(20-17)10-9-13(2)11-14(3)16(5)19/h14,16-18H,3,7-13H2,1-2,4-6H3;13-14,17-18H,4,6-12H2,1-3,5H3/t14-,16-,17+,18+;13-,14-,17+,18+/m11/s1. The van der Waals surface area contributed by atoms with Crippen molar-refractivity contribution >= 4 is 11.7 Å². The zero-order chi connectivity index (χ0) is 32.5. The fraction of sp³-hybridized carbons (Fsp3) is 0.838. The van der Waals surface area contributed by atoms with Crippen molar-refractivity contribution < 1.29 is 23.9 Å². The first-order valence-electron chi connectivity index (χ1n) is 17.3. The monoisotopic (exact) mass is 606 g/mol. The van der Waals surface area contributed by atoms with Gasteiger partial charge in [-0.2, -0.15) is 0 Å². The highest BCUT2D eigenvalue weighted by molar-refractivity contribution is 5.77. The Bertz CT molecular complexity index is 841. The summed E-state index contributed by atoms with van der Waals surface area (Å²) < 4.78 is 12.3. The SMILES string of the molecule is C=C1C[C@H](CCCC)O[C@H]1CC[C@@H](C)C[C@@H](C)C(=O)N(C)OC.C=C1C[C@H](CCCC)O[C@H]1CC[C@@H](C)C[C@@H](C)C(C)=O. The summed E-state index contributed by atoms with van der Waals surface area (Å²) in [7, 11) is 3.18. The van der Waals surface area contributed by atoms with Crippen molar-refractivity contribution in [2.24, 2.45) is 23.7 Å². The predicted molar refractivity (Wildman–Crippen MR) is 179 cm³/mol. The number of ketones is 1. The van der Waals surface area contributed by atoms with Crippen LogP contribution in [0, 0.1) is 23.7 Å². The van der Waals surface area contributed by atoms with Gasteiger partial charge in [-0.05, 0) is 94.1 Å². The highest BCUT2D eigenvalue weighted by Crippen LogP contribution is 2.33. The molecule has 0 bridgehead atoms. The average molecular weight is 606 g/mol. The van der Waals surface area contributed by atoms with Gasteiger partial charge >= 0.3 is 0 Å². The lowest BCUT2D eigenvalue weighted by atomic mass is 9.90. The van der Waals surface area contributed by atoms with E-state index in [0.29, 0.717) is 29.8 Å². The molecular weight excluding hydrogens is 538 g/mol. The molecule has 0 aromatic rings. The molecule has 0 aromatic heterocycles.